The van der Waals surface area contributed by atoms with E-state index in [1.807, 2.05) is 32.0 Å². The minimum absolute atomic E-state index is 0.156. The molecule has 2 rings (SSSR count). The second kappa shape index (κ2) is 9.37. The number of para-hydroxylation sites is 1. The van der Waals surface area contributed by atoms with E-state index in [0.717, 1.165) is 16.1 Å². The summed E-state index contributed by atoms with van der Waals surface area (Å²) in [6.45, 7) is 3.59. The van der Waals surface area contributed by atoms with Crippen LogP contribution in [0, 0.1) is 0 Å². The van der Waals surface area contributed by atoms with Gasteiger partial charge >= 0.3 is 0 Å². The van der Waals surface area contributed by atoms with E-state index in [-0.39, 0.29) is 28.1 Å². The van der Waals surface area contributed by atoms with Crippen molar-refractivity contribution in [3.63, 3.8) is 0 Å². The molecule has 0 saturated heterocycles. The molecular formula is C20H25ClN2O5S. The van der Waals surface area contributed by atoms with Crippen molar-refractivity contribution in [3.8, 4) is 11.5 Å². The summed E-state index contributed by atoms with van der Waals surface area (Å²) < 4.78 is 36.3. The first-order valence-electron chi connectivity index (χ1n) is 8.86. The number of benzene rings is 2. The van der Waals surface area contributed by atoms with Gasteiger partial charge in [0, 0.05) is 17.8 Å². The minimum atomic E-state index is -3.81. The Balaban J connectivity index is 2.40. The van der Waals surface area contributed by atoms with Gasteiger partial charge in [0.15, 0.2) is 0 Å². The van der Waals surface area contributed by atoms with Crippen LogP contribution in [0.2, 0.25) is 5.02 Å². The lowest BCUT2D eigenvalue weighted by Gasteiger charge is -2.25. The summed E-state index contributed by atoms with van der Waals surface area (Å²) in [6, 6.07) is 10.3. The van der Waals surface area contributed by atoms with Crippen molar-refractivity contribution in [1.29, 1.82) is 0 Å². The number of sulfonamides is 1. The predicted molar refractivity (Wildman–Crippen MR) is 116 cm³/mol. The molecule has 9 heteroatoms. The molecule has 1 amide bonds. The molecule has 0 aliphatic carbocycles. The Hall–Kier alpha value is -2.45. The van der Waals surface area contributed by atoms with E-state index in [4.69, 9.17) is 21.1 Å². The van der Waals surface area contributed by atoms with Gasteiger partial charge in [0.2, 0.25) is 15.9 Å². The number of rotatable bonds is 8. The second-order valence-corrected chi connectivity index (χ2v) is 9.03. The van der Waals surface area contributed by atoms with Gasteiger partial charge in [0.05, 0.1) is 31.2 Å². The smallest absolute Gasteiger partial charge is 0.245 e. The molecule has 158 valence electrons. The topological polar surface area (TPSA) is 84.9 Å². The van der Waals surface area contributed by atoms with Gasteiger partial charge in [-0.05, 0) is 17.5 Å². The molecule has 0 heterocycles. The van der Waals surface area contributed by atoms with Crippen LogP contribution >= 0.6 is 11.6 Å². The van der Waals surface area contributed by atoms with Gasteiger partial charge < -0.3 is 14.8 Å². The van der Waals surface area contributed by atoms with Crippen LogP contribution in [0.5, 0.6) is 11.5 Å². The summed E-state index contributed by atoms with van der Waals surface area (Å²) >= 11 is 6.11. The maximum Gasteiger partial charge on any atom is 0.245 e. The maximum absolute atomic E-state index is 12.7. The SMILES string of the molecule is COc1cc(N(CC(=O)Nc2ccccc2C(C)C)S(C)(=O)=O)c(OC)cc1Cl. The molecule has 7 nitrogen and oxygen atoms in total. The summed E-state index contributed by atoms with van der Waals surface area (Å²) in [6.07, 6.45) is 1.02. The quantitative estimate of drug-likeness (QED) is 0.673. The van der Waals surface area contributed by atoms with E-state index >= 15 is 0 Å². The lowest BCUT2D eigenvalue weighted by Crippen LogP contribution is -2.37. The Morgan fingerprint density at radius 1 is 1.14 bits per heavy atom. The highest BCUT2D eigenvalue weighted by Gasteiger charge is 2.26. The Morgan fingerprint density at radius 2 is 1.76 bits per heavy atom. The molecule has 0 unspecified atom stereocenters. The normalized spacial score (nSPS) is 11.3. The van der Waals surface area contributed by atoms with Crippen LogP contribution in [-0.4, -0.2) is 41.3 Å². The number of methoxy groups -OCH3 is 2. The fourth-order valence-corrected chi connectivity index (χ4v) is 3.94. The summed E-state index contributed by atoms with van der Waals surface area (Å²) in [7, 11) is -1.00. The van der Waals surface area contributed by atoms with Crippen LogP contribution < -0.4 is 19.1 Å². The van der Waals surface area contributed by atoms with Crippen LogP contribution in [0.15, 0.2) is 36.4 Å². The molecule has 0 spiro atoms. The van der Waals surface area contributed by atoms with Crippen molar-refractivity contribution in [2.45, 2.75) is 19.8 Å². The van der Waals surface area contributed by atoms with E-state index in [2.05, 4.69) is 5.32 Å². The Bertz CT molecular complexity index is 992. The standard InChI is InChI=1S/C20H25ClN2O5S/c1-13(2)14-8-6-7-9-16(14)22-20(24)12-23(29(5,25)26)17-11-18(27-3)15(21)10-19(17)28-4/h6-11,13H,12H2,1-5H3,(H,22,24). The van der Waals surface area contributed by atoms with Crippen LogP contribution in [0.25, 0.3) is 0 Å². The summed E-state index contributed by atoms with van der Waals surface area (Å²) in [5.74, 6) is 0.177. The third-order valence-corrected chi connectivity index (χ3v) is 5.69. The zero-order valence-corrected chi connectivity index (χ0v) is 18.6. The van der Waals surface area contributed by atoms with E-state index in [9.17, 15) is 13.2 Å². The number of amides is 1. The van der Waals surface area contributed by atoms with Crippen molar-refractivity contribution >= 4 is 38.9 Å². The van der Waals surface area contributed by atoms with E-state index in [0.29, 0.717) is 5.69 Å². The van der Waals surface area contributed by atoms with Gasteiger partial charge in [-0.2, -0.15) is 0 Å². The molecule has 29 heavy (non-hydrogen) atoms. The lowest BCUT2D eigenvalue weighted by atomic mass is 10.0. The lowest BCUT2D eigenvalue weighted by molar-refractivity contribution is -0.114. The van der Waals surface area contributed by atoms with Crippen molar-refractivity contribution in [3.05, 3.63) is 47.0 Å². The fourth-order valence-electron chi connectivity index (χ4n) is 2.85. The summed E-state index contributed by atoms with van der Waals surface area (Å²) in [5.41, 5.74) is 1.75. The average Bonchev–Trinajstić information content (AvgIpc) is 2.65. The van der Waals surface area contributed by atoms with Crippen LogP contribution in [0.3, 0.4) is 0 Å². The maximum atomic E-state index is 12.7. The Kier molecular flexibility index (Phi) is 7.37. The number of carbonyl (C=O) groups is 1. The first-order valence-corrected chi connectivity index (χ1v) is 11.1. The number of halogens is 1. The number of nitrogens with one attached hydrogen (secondary N) is 1. The summed E-state index contributed by atoms with van der Waals surface area (Å²) in [5, 5.41) is 3.06. The number of nitrogens with zero attached hydrogens (tertiary/aromatic N) is 1. The second-order valence-electron chi connectivity index (χ2n) is 6.72. The molecule has 0 bridgehead atoms. The third-order valence-electron chi connectivity index (χ3n) is 4.27. The van der Waals surface area contributed by atoms with E-state index < -0.39 is 22.5 Å². The van der Waals surface area contributed by atoms with Crippen LogP contribution in [0.1, 0.15) is 25.3 Å². The molecule has 0 radical (unpaired) electrons. The van der Waals surface area contributed by atoms with Crippen LogP contribution in [-0.2, 0) is 14.8 Å². The largest absolute Gasteiger partial charge is 0.495 e. The number of ether oxygens (including phenoxy) is 2. The van der Waals surface area contributed by atoms with Crippen molar-refractivity contribution < 1.29 is 22.7 Å². The zero-order valence-electron chi connectivity index (χ0n) is 17.0. The van der Waals surface area contributed by atoms with Gasteiger partial charge in [-0.1, -0.05) is 43.6 Å². The minimum Gasteiger partial charge on any atom is -0.495 e. The molecular weight excluding hydrogens is 416 g/mol. The highest BCUT2D eigenvalue weighted by molar-refractivity contribution is 7.92. The molecule has 0 aliphatic heterocycles. The van der Waals surface area contributed by atoms with Crippen LogP contribution in [0.4, 0.5) is 11.4 Å². The molecule has 2 aromatic carbocycles. The van der Waals surface area contributed by atoms with Crippen molar-refractivity contribution in [1.82, 2.24) is 0 Å². The third kappa shape index (κ3) is 5.55. The van der Waals surface area contributed by atoms with Gasteiger partial charge in [-0.25, -0.2) is 8.42 Å². The Morgan fingerprint density at radius 3 is 2.31 bits per heavy atom. The van der Waals surface area contributed by atoms with Crippen molar-refractivity contribution in [2.24, 2.45) is 0 Å². The number of carbonyl (C=O) groups excluding carboxylic acids is 1. The zero-order chi connectivity index (χ0) is 21.8. The first-order chi connectivity index (χ1) is 13.6. The molecule has 1 N–H and O–H groups in total. The molecule has 0 aromatic heterocycles. The van der Waals surface area contributed by atoms with Gasteiger partial charge in [0.1, 0.15) is 18.0 Å². The molecule has 0 aliphatic rings. The van der Waals surface area contributed by atoms with Gasteiger partial charge in [0.25, 0.3) is 0 Å². The monoisotopic (exact) mass is 440 g/mol. The summed E-state index contributed by atoms with van der Waals surface area (Å²) in [4.78, 5) is 12.7. The molecule has 0 fully saturated rings. The van der Waals surface area contributed by atoms with Crippen molar-refractivity contribution in [2.75, 3.05) is 36.6 Å². The highest BCUT2D eigenvalue weighted by atomic mass is 35.5. The predicted octanol–water partition coefficient (Wildman–Crippen LogP) is 3.89. The fraction of sp³-hybridized carbons (Fsp3) is 0.350. The molecule has 2 aromatic rings. The number of hydrogen-bond donors (Lipinski definition) is 1. The average molecular weight is 441 g/mol. The number of anilines is 2. The molecule has 0 saturated carbocycles. The van der Waals surface area contributed by atoms with E-state index in [1.54, 1.807) is 6.07 Å². The van der Waals surface area contributed by atoms with Gasteiger partial charge in [-0.15, -0.1) is 0 Å². The van der Waals surface area contributed by atoms with Gasteiger partial charge in [-0.3, -0.25) is 9.10 Å². The van der Waals surface area contributed by atoms with E-state index in [1.165, 1.54) is 26.4 Å². The Labute approximate surface area is 176 Å². The molecule has 0 atom stereocenters. The number of hydrogen-bond acceptors (Lipinski definition) is 5. The highest BCUT2D eigenvalue weighted by Crippen LogP contribution is 2.39. The first kappa shape index (κ1) is 22.8.